The van der Waals surface area contributed by atoms with Crippen LogP contribution < -0.4 is 4.90 Å². The summed E-state index contributed by atoms with van der Waals surface area (Å²) in [6.07, 6.45) is 3.74. The molecule has 0 amide bonds. The van der Waals surface area contributed by atoms with Crippen LogP contribution in [0.25, 0.3) is 0 Å². The van der Waals surface area contributed by atoms with E-state index in [0.717, 1.165) is 31.7 Å². The van der Waals surface area contributed by atoms with Crippen molar-refractivity contribution in [3.05, 3.63) is 23.9 Å². The minimum Gasteiger partial charge on any atom is -0.392 e. The van der Waals surface area contributed by atoms with Gasteiger partial charge in [-0.25, -0.2) is 4.98 Å². The molecule has 3 rings (SSSR count). The van der Waals surface area contributed by atoms with Crippen LogP contribution in [0.15, 0.2) is 18.3 Å². The molecule has 0 aromatic carbocycles. The van der Waals surface area contributed by atoms with Gasteiger partial charge in [0.2, 0.25) is 0 Å². The Hall–Kier alpha value is -1.60. The first-order chi connectivity index (χ1) is 8.28. The second kappa shape index (κ2) is 4.01. The van der Waals surface area contributed by atoms with E-state index in [9.17, 15) is 5.11 Å². The molecular weight excluding hydrogens is 214 g/mol. The number of nitriles is 1. The third-order valence-electron chi connectivity index (χ3n) is 3.98. The molecule has 88 valence electrons. The van der Waals surface area contributed by atoms with Crippen LogP contribution in [-0.2, 0) is 0 Å². The van der Waals surface area contributed by atoms with Crippen LogP contribution in [0, 0.1) is 23.2 Å². The molecule has 2 fully saturated rings. The summed E-state index contributed by atoms with van der Waals surface area (Å²) in [7, 11) is 0. The zero-order chi connectivity index (χ0) is 11.8. The zero-order valence-corrected chi connectivity index (χ0v) is 9.58. The molecule has 1 aromatic heterocycles. The lowest BCUT2D eigenvalue weighted by molar-refractivity contribution is 0.0790. The third-order valence-corrected chi connectivity index (χ3v) is 3.98. The molecule has 1 aromatic rings. The Bertz CT molecular complexity index is 437. The summed E-state index contributed by atoms with van der Waals surface area (Å²) in [6, 6.07) is 5.77. The summed E-state index contributed by atoms with van der Waals surface area (Å²) >= 11 is 0. The average molecular weight is 229 g/mol. The molecule has 2 unspecified atom stereocenters. The van der Waals surface area contributed by atoms with E-state index in [1.54, 1.807) is 12.3 Å². The summed E-state index contributed by atoms with van der Waals surface area (Å²) in [5.74, 6) is 1.71. The largest absolute Gasteiger partial charge is 0.392 e. The molecule has 17 heavy (non-hydrogen) atoms. The zero-order valence-electron chi connectivity index (χ0n) is 9.58. The first kappa shape index (κ1) is 10.5. The number of aromatic nitrogens is 1. The van der Waals surface area contributed by atoms with Crippen LogP contribution in [0.4, 0.5) is 5.82 Å². The van der Waals surface area contributed by atoms with Gasteiger partial charge in [-0.3, -0.25) is 0 Å². The third kappa shape index (κ3) is 1.77. The van der Waals surface area contributed by atoms with Gasteiger partial charge in [0.1, 0.15) is 11.9 Å². The van der Waals surface area contributed by atoms with Crippen molar-refractivity contribution in [1.82, 2.24) is 4.98 Å². The van der Waals surface area contributed by atoms with E-state index in [-0.39, 0.29) is 6.10 Å². The summed E-state index contributed by atoms with van der Waals surface area (Å²) in [5.41, 5.74) is 0.591. The average Bonchev–Trinajstić information content (AvgIpc) is 2.61. The first-order valence-corrected chi connectivity index (χ1v) is 6.07. The number of aliphatic hydroxyl groups excluding tert-OH is 1. The van der Waals surface area contributed by atoms with Gasteiger partial charge in [0.05, 0.1) is 11.7 Å². The number of hydrogen-bond acceptors (Lipinski definition) is 4. The molecule has 2 bridgehead atoms. The van der Waals surface area contributed by atoms with E-state index in [2.05, 4.69) is 16.0 Å². The van der Waals surface area contributed by atoms with Crippen LogP contribution in [-0.4, -0.2) is 29.3 Å². The Balaban J connectivity index is 1.79. The molecule has 0 spiro atoms. The highest BCUT2D eigenvalue weighted by Gasteiger charge is 2.41. The standard InChI is InChI=1S/C13H15N3O/c14-5-9-1-4-12(15-6-9)16-7-10-2-3-11(8-16)13(10)17/h1,4,6,10-11,13,17H,2-3,7-8H2. The van der Waals surface area contributed by atoms with E-state index >= 15 is 0 Å². The van der Waals surface area contributed by atoms with E-state index in [4.69, 9.17) is 5.26 Å². The molecule has 2 heterocycles. The number of piperidine rings is 1. The van der Waals surface area contributed by atoms with Gasteiger partial charge in [0.25, 0.3) is 0 Å². The number of rotatable bonds is 1. The Kier molecular flexibility index (Phi) is 2.49. The van der Waals surface area contributed by atoms with E-state index in [0.29, 0.717) is 17.4 Å². The second-order valence-corrected chi connectivity index (χ2v) is 5.01. The van der Waals surface area contributed by atoms with Crippen LogP contribution >= 0.6 is 0 Å². The Labute approximate surface area is 101 Å². The van der Waals surface area contributed by atoms with Crippen molar-refractivity contribution in [1.29, 1.82) is 5.26 Å². The number of pyridine rings is 1. The fraction of sp³-hybridized carbons (Fsp3) is 0.538. The van der Waals surface area contributed by atoms with Crippen LogP contribution in [0.2, 0.25) is 0 Å². The second-order valence-electron chi connectivity index (χ2n) is 5.01. The van der Waals surface area contributed by atoms with Gasteiger partial charge in [-0.1, -0.05) is 0 Å². The van der Waals surface area contributed by atoms with Gasteiger partial charge in [0.15, 0.2) is 0 Å². The van der Waals surface area contributed by atoms with Crippen LogP contribution in [0.3, 0.4) is 0 Å². The monoisotopic (exact) mass is 229 g/mol. The minimum absolute atomic E-state index is 0.121. The highest BCUT2D eigenvalue weighted by molar-refractivity contribution is 5.43. The Morgan fingerprint density at radius 1 is 1.29 bits per heavy atom. The highest BCUT2D eigenvalue weighted by atomic mass is 16.3. The topological polar surface area (TPSA) is 60.2 Å². The van der Waals surface area contributed by atoms with Crippen LogP contribution in [0.1, 0.15) is 18.4 Å². The van der Waals surface area contributed by atoms with Crippen molar-refractivity contribution in [3.8, 4) is 6.07 Å². The molecule has 1 saturated carbocycles. The molecule has 0 radical (unpaired) electrons. The predicted molar refractivity (Wildman–Crippen MR) is 63.4 cm³/mol. The normalized spacial score (nSPS) is 31.3. The molecule has 4 heteroatoms. The van der Waals surface area contributed by atoms with Gasteiger partial charge >= 0.3 is 0 Å². The summed E-state index contributed by atoms with van der Waals surface area (Å²) in [4.78, 5) is 6.55. The molecule has 2 aliphatic rings. The Morgan fingerprint density at radius 3 is 2.53 bits per heavy atom. The molecule has 2 atom stereocenters. The first-order valence-electron chi connectivity index (χ1n) is 6.07. The predicted octanol–water partition coefficient (Wildman–Crippen LogP) is 1.16. The van der Waals surface area contributed by atoms with Crippen molar-refractivity contribution in [2.75, 3.05) is 18.0 Å². The lowest BCUT2D eigenvalue weighted by atomic mass is 9.95. The van der Waals surface area contributed by atoms with Crippen molar-refractivity contribution < 1.29 is 5.11 Å². The molecule has 1 aliphatic heterocycles. The van der Waals surface area contributed by atoms with Crippen molar-refractivity contribution in [2.24, 2.45) is 11.8 Å². The lowest BCUT2D eigenvalue weighted by Crippen LogP contribution is -2.45. The smallest absolute Gasteiger partial charge is 0.128 e. The highest BCUT2D eigenvalue weighted by Crippen LogP contribution is 2.37. The van der Waals surface area contributed by atoms with E-state index in [1.165, 1.54) is 0 Å². The fourth-order valence-corrected chi connectivity index (χ4v) is 3.02. The number of nitrogens with zero attached hydrogens (tertiary/aromatic N) is 3. The quantitative estimate of drug-likeness (QED) is 0.785. The number of fused-ring (bicyclic) bond motifs is 2. The number of anilines is 1. The van der Waals surface area contributed by atoms with E-state index < -0.39 is 0 Å². The SMILES string of the molecule is N#Cc1ccc(N2CC3CCC(C2)C3O)nc1. The molecule has 1 N–H and O–H groups in total. The number of hydrogen-bond donors (Lipinski definition) is 1. The summed E-state index contributed by atoms with van der Waals surface area (Å²) in [6.45, 7) is 1.77. The molecular formula is C13H15N3O. The Morgan fingerprint density at radius 2 is 2.00 bits per heavy atom. The van der Waals surface area contributed by atoms with Gasteiger partial charge in [-0.2, -0.15) is 5.26 Å². The summed E-state index contributed by atoms with van der Waals surface area (Å²) < 4.78 is 0. The maximum atomic E-state index is 9.97. The summed E-state index contributed by atoms with van der Waals surface area (Å²) in [5, 5.41) is 18.7. The van der Waals surface area contributed by atoms with Gasteiger partial charge in [0, 0.05) is 31.1 Å². The van der Waals surface area contributed by atoms with Crippen molar-refractivity contribution >= 4 is 5.82 Å². The van der Waals surface area contributed by atoms with E-state index in [1.807, 2.05) is 6.07 Å². The minimum atomic E-state index is -0.121. The molecule has 1 aliphatic carbocycles. The maximum Gasteiger partial charge on any atom is 0.128 e. The van der Waals surface area contributed by atoms with Crippen LogP contribution in [0.5, 0.6) is 0 Å². The fourth-order valence-electron chi connectivity index (χ4n) is 3.02. The maximum absolute atomic E-state index is 9.97. The van der Waals surface area contributed by atoms with Crippen molar-refractivity contribution in [3.63, 3.8) is 0 Å². The molecule has 1 saturated heterocycles. The number of aliphatic hydroxyl groups is 1. The van der Waals surface area contributed by atoms with Gasteiger partial charge in [-0.15, -0.1) is 0 Å². The molecule has 4 nitrogen and oxygen atoms in total. The van der Waals surface area contributed by atoms with Crippen molar-refractivity contribution in [2.45, 2.75) is 18.9 Å². The lowest BCUT2D eigenvalue weighted by Gasteiger charge is -2.36. The van der Waals surface area contributed by atoms with Gasteiger partial charge < -0.3 is 10.0 Å². The van der Waals surface area contributed by atoms with Gasteiger partial charge in [-0.05, 0) is 25.0 Å².